The number of hydrogen-bond acceptors (Lipinski definition) is 3. The van der Waals surface area contributed by atoms with Gasteiger partial charge < -0.3 is 15.4 Å². The molecule has 0 fully saturated rings. The van der Waals surface area contributed by atoms with E-state index in [1.807, 2.05) is 32.0 Å². The van der Waals surface area contributed by atoms with Crippen LogP contribution in [0.5, 0.6) is 5.75 Å². The second-order valence-corrected chi connectivity index (χ2v) is 5.71. The molecule has 20 heavy (non-hydrogen) atoms. The number of halogens is 1. The average Bonchev–Trinajstić information content (AvgIpc) is 2.44. The first-order chi connectivity index (χ1) is 9.49. The molecule has 0 spiro atoms. The lowest BCUT2D eigenvalue weighted by Crippen LogP contribution is -2.45. The van der Waals surface area contributed by atoms with E-state index in [1.54, 1.807) is 7.11 Å². The average molecular weight is 343 g/mol. The topological polar surface area (TPSA) is 50.4 Å². The highest BCUT2D eigenvalue weighted by Gasteiger charge is 2.15. The molecule has 0 bridgehead atoms. The smallest absolute Gasteiger partial charge is 0.237 e. The Hall–Kier alpha value is -1.07. The van der Waals surface area contributed by atoms with Gasteiger partial charge >= 0.3 is 0 Å². The molecular weight excluding hydrogens is 320 g/mol. The number of nitrogens with one attached hydrogen (secondary N) is 2. The maximum Gasteiger partial charge on any atom is 0.237 e. The van der Waals surface area contributed by atoms with Crippen molar-refractivity contribution < 1.29 is 9.53 Å². The van der Waals surface area contributed by atoms with Gasteiger partial charge in [0, 0.05) is 18.2 Å². The Morgan fingerprint density at radius 3 is 2.70 bits per heavy atom. The summed E-state index contributed by atoms with van der Waals surface area (Å²) in [4.78, 5) is 11.9. The van der Waals surface area contributed by atoms with Crippen LogP contribution in [0.3, 0.4) is 0 Å². The molecule has 0 aromatic heterocycles. The Balaban J connectivity index is 2.59. The highest BCUT2D eigenvalue weighted by molar-refractivity contribution is 9.10. The third-order valence-electron chi connectivity index (χ3n) is 3.25. The lowest BCUT2D eigenvalue weighted by Gasteiger charge is -2.18. The van der Waals surface area contributed by atoms with Crippen LogP contribution in [-0.2, 0) is 11.3 Å². The van der Waals surface area contributed by atoms with Gasteiger partial charge in [0.1, 0.15) is 5.75 Å². The van der Waals surface area contributed by atoms with Gasteiger partial charge in [-0.05, 0) is 42.3 Å². The molecule has 1 aromatic rings. The van der Waals surface area contributed by atoms with E-state index in [1.165, 1.54) is 0 Å². The van der Waals surface area contributed by atoms with Crippen LogP contribution in [-0.4, -0.2) is 25.1 Å². The molecule has 1 rings (SSSR count). The fourth-order valence-corrected chi connectivity index (χ4v) is 2.32. The molecule has 2 unspecified atom stereocenters. The molecule has 2 atom stereocenters. The van der Waals surface area contributed by atoms with Crippen molar-refractivity contribution >= 4 is 21.8 Å². The third kappa shape index (κ3) is 4.80. The molecule has 0 aliphatic rings. The van der Waals surface area contributed by atoms with Gasteiger partial charge in [0.15, 0.2) is 0 Å². The van der Waals surface area contributed by atoms with Gasteiger partial charge in [-0.15, -0.1) is 0 Å². The molecule has 112 valence electrons. The van der Waals surface area contributed by atoms with E-state index in [-0.39, 0.29) is 18.0 Å². The van der Waals surface area contributed by atoms with Crippen molar-refractivity contribution in [2.45, 2.75) is 45.8 Å². The zero-order valence-electron chi connectivity index (χ0n) is 12.5. The molecule has 1 amide bonds. The molecule has 2 N–H and O–H groups in total. The van der Waals surface area contributed by atoms with Crippen LogP contribution in [0.25, 0.3) is 0 Å². The standard InChI is InChI=1S/C15H23BrN2O2/c1-5-10(2)18-15(19)11(3)17-9-12-7-6-8-13(16)14(12)20-4/h6-8,10-11,17H,5,9H2,1-4H3,(H,18,19). The number of rotatable bonds is 7. The van der Waals surface area contributed by atoms with E-state index in [2.05, 4.69) is 33.5 Å². The largest absolute Gasteiger partial charge is 0.495 e. The number of hydrogen-bond donors (Lipinski definition) is 2. The van der Waals surface area contributed by atoms with E-state index in [4.69, 9.17) is 4.74 Å². The zero-order chi connectivity index (χ0) is 15.1. The number of methoxy groups -OCH3 is 1. The summed E-state index contributed by atoms with van der Waals surface area (Å²) in [6.45, 7) is 6.50. The van der Waals surface area contributed by atoms with E-state index in [9.17, 15) is 4.79 Å². The summed E-state index contributed by atoms with van der Waals surface area (Å²) < 4.78 is 6.28. The van der Waals surface area contributed by atoms with Crippen molar-refractivity contribution in [1.82, 2.24) is 10.6 Å². The van der Waals surface area contributed by atoms with Gasteiger partial charge in [-0.3, -0.25) is 4.79 Å². The lowest BCUT2D eigenvalue weighted by atomic mass is 10.2. The Morgan fingerprint density at radius 1 is 1.40 bits per heavy atom. The summed E-state index contributed by atoms with van der Waals surface area (Å²) >= 11 is 3.45. The highest BCUT2D eigenvalue weighted by atomic mass is 79.9. The summed E-state index contributed by atoms with van der Waals surface area (Å²) in [6.07, 6.45) is 0.928. The quantitative estimate of drug-likeness (QED) is 0.800. The van der Waals surface area contributed by atoms with Gasteiger partial charge in [0.05, 0.1) is 17.6 Å². The van der Waals surface area contributed by atoms with Gasteiger partial charge in [-0.2, -0.15) is 0 Å². The number of amides is 1. The normalized spacial score (nSPS) is 13.7. The molecule has 4 nitrogen and oxygen atoms in total. The van der Waals surface area contributed by atoms with Gasteiger partial charge in [-0.25, -0.2) is 0 Å². The Bertz CT molecular complexity index is 451. The van der Waals surface area contributed by atoms with Gasteiger partial charge in [0.2, 0.25) is 5.91 Å². The van der Waals surface area contributed by atoms with Crippen molar-refractivity contribution in [2.75, 3.05) is 7.11 Å². The maximum atomic E-state index is 11.9. The molecule has 0 aliphatic heterocycles. The summed E-state index contributed by atoms with van der Waals surface area (Å²) in [6, 6.07) is 5.82. The second kappa shape index (κ2) is 8.27. The number of ether oxygens (including phenoxy) is 1. The van der Waals surface area contributed by atoms with Crippen molar-refractivity contribution in [3.63, 3.8) is 0 Å². The number of carbonyl (C=O) groups is 1. The third-order valence-corrected chi connectivity index (χ3v) is 3.87. The fourth-order valence-electron chi connectivity index (χ4n) is 1.75. The van der Waals surface area contributed by atoms with E-state index in [0.29, 0.717) is 6.54 Å². The lowest BCUT2D eigenvalue weighted by molar-refractivity contribution is -0.123. The summed E-state index contributed by atoms with van der Waals surface area (Å²) in [5, 5.41) is 6.18. The summed E-state index contributed by atoms with van der Waals surface area (Å²) in [5.41, 5.74) is 1.02. The first kappa shape index (κ1) is 17.0. The molecule has 0 aliphatic carbocycles. The van der Waals surface area contributed by atoms with Crippen LogP contribution in [0.15, 0.2) is 22.7 Å². The number of carbonyl (C=O) groups excluding carboxylic acids is 1. The molecule has 5 heteroatoms. The van der Waals surface area contributed by atoms with E-state index >= 15 is 0 Å². The van der Waals surface area contributed by atoms with Gasteiger partial charge in [-0.1, -0.05) is 19.1 Å². The predicted molar refractivity (Wildman–Crippen MR) is 84.9 cm³/mol. The molecule has 0 heterocycles. The van der Waals surface area contributed by atoms with Crippen LogP contribution in [0, 0.1) is 0 Å². The summed E-state index contributed by atoms with van der Waals surface area (Å²) in [7, 11) is 1.64. The van der Waals surface area contributed by atoms with Crippen LogP contribution < -0.4 is 15.4 Å². The SMILES string of the molecule is CCC(C)NC(=O)C(C)NCc1cccc(Br)c1OC. The van der Waals surface area contributed by atoms with Crippen LogP contribution in [0.4, 0.5) is 0 Å². The fraction of sp³-hybridized carbons (Fsp3) is 0.533. The maximum absolute atomic E-state index is 11.9. The number of benzene rings is 1. The first-order valence-electron chi connectivity index (χ1n) is 6.84. The molecule has 0 radical (unpaired) electrons. The number of para-hydroxylation sites is 1. The van der Waals surface area contributed by atoms with Crippen molar-refractivity contribution in [1.29, 1.82) is 0 Å². The van der Waals surface area contributed by atoms with E-state index < -0.39 is 0 Å². The van der Waals surface area contributed by atoms with Gasteiger partial charge in [0.25, 0.3) is 0 Å². The van der Waals surface area contributed by atoms with Crippen molar-refractivity contribution in [3.8, 4) is 5.75 Å². The predicted octanol–water partition coefficient (Wildman–Crippen LogP) is 2.85. The zero-order valence-corrected chi connectivity index (χ0v) is 14.1. The highest BCUT2D eigenvalue weighted by Crippen LogP contribution is 2.28. The Labute approximate surface area is 129 Å². The summed E-state index contributed by atoms with van der Waals surface area (Å²) in [5.74, 6) is 0.822. The van der Waals surface area contributed by atoms with Crippen LogP contribution >= 0.6 is 15.9 Å². The van der Waals surface area contributed by atoms with E-state index in [0.717, 1.165) is 22.2 Å². The Kier molecular flexibility index (Phi) is 7.02. The molecular formula is C15H23BrN2O2. The molecule has 0 saturated heterocycles. The second-order valence-electron chi connectivity index (χ2n) is 4.85. The minimum Gasteiger partial charge on any atom is -0.495 e. The van der Waals surface area contributed by atoms with Crippen molar-refractivity contribution in [3.05, 3.63) is 28.2 Å². The molecule has 1 aromatic carbocycles. The van der Waals surface area contributed by atoms with Crippen LogP contribution in [0.2, 0.25) is 0 Å². The Morgan fingerprint density at radius 2 is 2.10 bits per heavy atom. The molecule has 0 saturated carbocycles. The first-order valence-corrected chi connectivity index (χ1v) is 7.64. The minimum atomic E-state index is -0.243. The van der Waals surface area contributed by atoms with Crippen LogP contribution in [0.1, 0.15) is 32.8 Å². The van der Waals surface area contributed by atoms with Crippen molar-refractivity contribution in [2.24, 2.45) is 0 Å². The monoisotopic (exact) mass is 342 g/mol. The minimum absolute atomic E-state index is 0.0216.